The van der Waals surface area contributed by atoms with Gasteiger partial charge in [-0.1, -0.05) is 6.08 Å². The molecule has 0 saturated heterocycles. The van der Waals surface area contributed by atoms with Crippen molar-refractivity contribution in [2.75, 3.05) is 13.7 Å². The van der Waals surface area contributed by atoms with Gasteiger partial charge in [-0.05, 0) is 18.4 Å². The zero-order valence-corrected chi connectivity index (χ0v) is 8.41. The van der Waals surface area contributed by atoms with Crippen molar-refractivity contribution >= 4 is 11.9 Å². The Bertz CT molecular complexity index is 267. The molecule has 0 amide bonds. The smallest absolute Gasteiger partial charge is 0.312 e. The first-order valence-corrected chi connectivity index (χ1v) is 4.55. The van der Waals surface area contributed by atoms with Crippen molar-refractivity contribution in [2.45, 2.75) is 19.8 Å². The Labute approximate surface area is 82.9 Å². The number of rotatable bonds is 3. The summed E-state index contributed by atoms with van der Waals surface area (Å²) in [5.74, 6) is -0.804. The number of carbonyl (C=O) groups is 2. The highest BCUT2D eigenvalue weighted by molar-refractivity contribution is 5.76. The van der Waals surface area contributed by atoms with E-state index in [0.29, 0.717) is 0 Å². The summed E-state index contributed by atoms with van der Waals surface area (Å²) in [6.45, 7) is 1.55. The van der Waals surface area contributed by atoms with E-state index < -0.39 is 0 Å². The van der Waals surface area contributed by atoms with Crippen molar-refractivity contribution in [1.29, 1.82) is 0 Å². The molecule has 0 radical (unpaired) electrons. The highest BCUT2D eigenvalue weighted by Crippen LogP contribution is 2.26. The lowest BCUT2D eigenvalue weighted by atomic mass is 10.0. The van der Waals surface area contributed by atoms with Gasteiger partial charge in [0.15, 0.2) is 0 Å². The Kier molecular flexibility index (Phi) is 3.68. The van der Waals surface area contributed by atoms with Crippen LogP contribution in [-0.4, -0.2) is 25.7 Å². The number of ether oxygens (including phenoxy) is 2. The van der Waals surface area contributed by atoms with Crippen LogP contribution in [0.1, 0.15) is 19.8 Å². The number of hydrogen-bond acceptors (Lipinski definition) is 4. The topological polar surface area (TPSA) is 52.6 Å². The normalized spacial score (nSPS) is 20.1. The quantitative estimate of drug-likeness (QED) is 0.502. The molecule has 1 atom stereocenters. The van der Waals surface area contributed by atoms with Gasteiger partial charge in [-0.15, -0.1) is 0 Å². The molecule has 0 aliphatic heterocycles. The Balaban J connectivity index is 2.50. The zero-order valence-electron chi connectivity index (χ0n) is 8.41. The van der Waals surface area contributed by atoms with Crippen LogP contribution in [0.3, 0.4) is 0 Å². The molecule has 0 N–H and O–H groups in total. The van der Waals surface area contributed by atoms with Crippen LogP contribution in [0.4, 0.5) is 0 Å². The van der Waals surface area contributed by atoms with E-state index in [1.807, 2.05) is 6.08 Å². The number of allylic oxidation sites excluding steroid dienone is 1. The monoisotopic (exact) mass is 198 g/mol. The molecule has 78 valence electrons. The average Bonchev–Trinajstić information content (AvgIpc) is 2.61. The highest BCUT2D eigenvalue weighted by Gasteiger charge is 2.27. The van der Waals surface area contributed by atoms with Gasteiger partial charge < -0.3 is 9.47 Å². The number of carbonyl (C=O) groups excluding carboxylic acids is 2. The molecule has 0 spiro atoms. The fourth-order valence-corrected chi connectivity index (χ4v) is 1.52. The minimum atomic E-state index is -0.332. The second-order valence-corrected chi connectivity index (χ2v) is 3.21. The van der Waals surface area contributed by atoms with Gasteiger partial charge in [0, 0.05) is 6.92 Å². The molecule has 0 saturated carbocycles. The van der Waals surface area contributed by atoms with Gasteiger partial charge in [0.2, 0.25) is 0 Å². The second-order valence-electron chi connectivity index (χ2n) is 3.21. The van der Waals surface area contributed by atoms with Crippen molar-refractivity contribution in [2.24, 2.45) is 5.92 Å². The third-order valence-electron chi connectivity index (χ3n) is 2.24. The van der Waals surface area contributed by atoms with Crippen LogP contribution in [0.5, 0.6) is 0 Å². The van der Waals surface area contributed by atoms with Crippen molar-refractivity contribution < 1.29 is 19.1 Å². The van der Waals surface area contributed by atoms with Crippen molar-refractivity contribution in [1.82, 2.24) is 0 Å². The Morgan fingerprint density at radius 2 is 2.29 bits per heavy atom. The van der Waals surface area contributed by atoms with Gasteiger partial charge in [-0.3, -0.25) is 9.59 Å². The predicted octanol–water partition coefficient (Wildman–Crippen LogP) is 1.06. The van der Waals surface area contributed by atoms with Crippen LogP contribution in [0.2, 0.25) is 0 Å². The first kappa shape index (κ1) is 10.8. The molecule has 14 heavy (non-hydrogen) atoms. The molecule has 4 nitrogen and oxygen atoms in total. The third-order valence-corrected chi connectivity index (χ3v) is 2.24. The summed E-state index contributed by atoms with van der Waals surface area (Å²) in [4.78, 5) is 21.8. The fraction of sp³-hybridized carbons (Fsp3) is 0.600. The minimum Gasteiger partial charge on any atom is -0.469 e. The summed E-state index contributed by atoms with van der Waals surface area (Å²) in [5, 5.41) is 0. The average molecular weight is 198 g/mol. The van der Waals surface area contributed by atoms with E-state index in [1.54, 1.807) is 0 Å². The van der Waals surface area contributed by atoms with Gasteiger partial charge in [0.05, 0.1) is 13.0 Å². The first-order valence-electron chi connectivity index (χ1n) is 4.55. The van der Waals surface area contributed by atoms with Crippen molar-refractivity contribution in [3.8, 4) is 0 Å². The van der Waals surface area contributed by atoms with Gasteiger partial charge in [-0.2, -0.15) is 0 Å². The SMILES string of the molecule is COC(=O)C1CCC=C1COC(C)=O. The summed E-state index contributed by atoms with van der Waals surface area (Å²) < 4.78 is 9.49. The van der Waals surface area contributed by atoms with Gasteiger partial charge in [-0.25, -0.2) is 0 Å². The lowest BCUT2D eigenvalue weighted by molar-refractivity contribution is -0.146. The number of esters is 2. The minimum absolute atomic E-state index is 0.203. The predicted molar refractivity (Wildman–Crippen MR) is 49.5 cm³/mol. The van der Waals surface area contributed by atoms with Crippen LogP contribution in [0.15, 0.2) is 11.6 Å². The highest BCUT2D eigenvalue weighted by atomic mass is 16.5. The zero-order chi connectivity index (χ0) is 10.6. The largest absolute Gasteiger partial charge is 0.469 e. The van der Waals surface area contributed by atoms with E-state index in [2.05, 4.69) is 4.74 Å². The molecule has 4 heteroatoms. The molecule has 0 aromatic carbocycles. The molecule has 1 unspecified atom stereocenters. The molecule has 0 fully saturated rings. The molecular formula is C10H14O4. The number of hydrogen-bond donors (Lipinski definition) is 0. The maximum atomic E-state index is 11.3. The van der Waals surface area contributed by atoms with Gasteiger partial charge in [0.25, 0.3) is 0 Å². The lowest BCUT2D eigenvalue weighted by Gasteiger charge is -2.11. The third kappa shape index (κ3) is 2.58. The standard InChI is InChI=1S/C10H14O4/c1-7(11)14-6-8-4-3-5-9(8)10(12)13-2/h4,9H,3,5-6H2,1-2H3. The van der Waals surface area contributed by atoms with Gasteiger partial charge >= 0.3 is 11.9 Å². The van der Waals surface area contributed by atoms with Crippen LogP contribution in [0, 0.1) is 5.92 Å². The first-order chi connectivity index (χ1) is 6.65. The van der Waals surface area contributed by atoms with E-state index in [0.717, 1.165) is 18.4 Å². The van der Waals surface area contributed by atoms with Crippen LogP contribution < -0.4 is 0 Å². The molecule has 0 bridgehead atoms. The Morgan fingerprint density at radius 3 is 2.86 bits per heavy atom. The van der Waals surface area contributed by atoms with Crippen molar-refractivity contribution in [3.05, 3.63) is 11.6 Å². The van der Waals surface area contributed by atoms with E-state index >= 15 is 0 Å². The van der Waals surface area contributed by atoms with E-state index in [1.165, 1.54) is 14.0 Å². The molecule has 0 aromatic rings. The Hall–Kier alpha value is -1.32. The summed E-state index contributed by atoms with van der Waals surface area (Å²) in [7, 11) is 1.37. The number of methoxy groups -OCH3 is 1. The fourth-order valence-electron chi connectivity index (χ4n) is 1.52. The summed E-state index contributed by atoms with van der Waals surface area (Å²) in [5.41, 5.74) is 0.854. The maximum absolute atomic E-state index is 11.3. The lowest BCUT2D eigenvalue weighted by Crippen LogP contribution is -2.18. The Morgan fingerprint density at radius 1 is 1.57 bits per heavy atom. The summed E-state index contributed by atoms with van der Waals surface area (Å²) in [6, 6.07) is 0. The molecule has 1 aliphatic rings. The van der Waals surface area contributed by atoms with E-state index in [4.69, 9.17) is 4.74 Å². The molecule has 0 heterocycles. The van der Waals surface area contributed by atoms with Crippen LogP contribution in [-0.2, 0) is 19.1 Å². The van der Waals surface area contributed by atoms with Crippen LogP contribution >= 0.6 is 0 Å². The summed E-state index contributed by atoms with van der Waals surface area (Å²) >= 11 is 0. The molecule has 0 aromatic heterocycles. The molecular weight excluding hydrogens is 184 g/mol. The second kappa shape index (κ2) is 4.79. The molecule has 1 aliphatic carbocycles. The summed E-state index contributed by atoms with van der Waals surface area (Å²) in [6.07, 6.45) is 3.53. The van der Waals surface area contributed by atoms with Gasteiger partial charge in [0.1, 0.15) is 6.61 Å². The molecule has 1 rings (SSSR count). The van der Waals surface area contributed by atoms with Crippen molar-refractivity contribution in [3.63, 3.8) is 0 Å². The maximum Gasteiger partial charge on any atom is 0.312 e. The van der Waals surface area contributed by atoms with Crippen LogP contribution in [0.25, 0.3) is 0 Å². The van der Waals surface area contributed by atoms with E-state index in [9.17, 15) is 9.59 Å². The van der Waals surface area contributed by atoms with E-state index in [-0.39, 0.29) is 24.5 Å².